The molecule has 2 rings (SSSR count). The molecule has 100 valence electrons. The summed E-state index contributed by atoms with van der Waals surface area (Å²) in [7, 11) is 2.01. The van der Waals surface area contributed by atoms with E-state index in [0.29, 0.717) is 16.7 Å². The van der Waals surface area contributed by atoms with Gasteiger partial charge in [-0.2, -0.15) is 0 Å². The van der Waals surface area contributed by atoms with Gasteiger partial charge in [0.2, 0.25) is 0 Å². The number of benzene rings is 1. The Morgan fingerprint density at radius 3 is 2.44 bits per heavy atom. The van der Waals surface area contributed by atoms with Crippen LogP contribution in [0.2, 0.25) is 10.0 Å². The van der Waals surface area contributed by atoms with Crippen LogP contribution in [0.3, 0.4) is 0 Å². The van der Waals surface area contributed by atoms with Crippen LogP contribution in [0.4, 0.5) is 0 Å². The van der Waals surface area contributed by atoms with E-state index < -0.39 is 0 Å². The molecule has 1 aliphatic rings. The number of nitrogens with one attached hydrogen (secondary N) is 1. The molecule has 0 heterocycles. The molecular weight excluding hydrogens is 269 g/mol. The van der Waals surface area contributed by atoms with Gasteiger partial charge in [0.1, 0.15) is 5.75 Å². The van der Waals surface area contributed by atoms with Gasteiger partial charge in [0, 0.05) is 17.0 Å². The van der Waals surface area contributed by atoms with Crippen molar-refractivity contribution >= 4 is 23.2 Å². The molecule has 1 saturated carbocycles. The molecule has 1 aliphatic carbocycles. The first kappa shape index (κ1) is 14.0. The normalized spacial score (nSPS) is 30.9. The molecule has 0 spiro atoms. The van der Waals surface area contributed by atoms with Crippen molar-refractivity contribution in [2.45, 2.75) is 32.2 Å². The fraction of sp³-hybridized carbons (Fsp3) is 0.571. The first-order valence-corrected chi connectivity index (χ1v) is 6.88. The summed E-state index contributed by atoms with van der Waals surface area (Å²) in [6, 6.07) is 5.39. The van der Waals surface area contributed by atoms with E-state index in [2.05, 4.69) is 19.2 Å². The van der Waals surface area contributed by atoms with Gasteiger partial charge in [0.05, 0.1) is 16.7 Å². The van der Waals surface area contributed by atoms with Crippen molar-refractivity contribution in [2.24, 2.45) is 5.41 Å². The Labute approximate surface area is 119 Å². The molecule has 1 aromatic rings. The van der Waals surface area contributed by atoms with Gasteiger partial charge in [-0.15, -0.1) is 0 Å². The van der Waals surface area contributed by atoms with Crippen LogP contribution in [0.5, 0.6) is 5.75 Å². The molecule has 4 heteroatoms. The van der Waals surface area contributed by atoms with Crippen molar-refractivity contribution < 1.29 is 4.74 Å². The lowest BCUT2D eigenvalue weighted by Crippen LogP contribution is -2.58. The highest BCUT2D eigenvalue weighted by Crippen LogP contribution is 2.48. The van der Waals surface area contributed by atoms with E-state index in [1.165, 1.54) is 0 Å². The maximum atomic E-state index is 5.96. The minimum Gasteiger partial charge on any atom is -0.493 e. The second-order valence-corrected chi connectivity index (χ2v) is 6.65. The zero-order valence-corrected chi connectivity index (χ0v) is 12.5. The van der Waals surface area contributed by atoms with Gasteiger partial charge in [-0.3, -0.25) is 0 Å². The van der Waals surface area contributed by atoms with Gasteiger partial charge in [0.25, 0.3) is 0 Å². The molecule has 1 fully saturated rings. The predicted molar refractivity (Wildman–Crippen MR) is 76.8 cm³/mol. The van der Waals surface area contributed by atoms with Crippen LogP contribution in [-0.4, -0.2) is 19.2 Å². The summed E-state index contributed by atoms with van der Waals surface area (Å²) in [6.07, 6.45) is 2.25. The lowest BCUT2D eigenvalue weighted by Gasteiger charge is -2.52. The Bertz CT molecular complexity index is 441. The summed E-state index contributed by atoms with van der Waals surface area (Å²) >= 11 is 11.8. The fourth-order valence-corrected chi connectivity index (χ4v) is 3.22. The summed E-state index contributed by atoms with van der Waals surface area (Å²) < 4.78 is 5.82. The van der Waals surface area contributed by atoms with E-state index in [-0.39, 0.29) is 11.0 Å². The Kier molecular flexibility index (Phi) is 3.82. The van der Waals surface area contributed by atoms with Gasteiger partial charge in [-0.25, -0.2) is 0 Å². The molecule has 1 aromatic carbocycles. The number of rotatable bonds is 4. The van der Waals surface area contributed by atoms with E-state index in [1.807, 2.05) is 13.1 Å². The van der Waals surface area contributed by atoms with E-state index in [9.17, 15) is 0 Å². The third-order valence-electron chi connectivity index (χ3n) is 3.72. The van der Waals surface area contributed by atoms with Gasteiger partial charge >= 0.3 is 0 Å². The zero-order valence-electron chi connectivity index (χ0n) is 11.0. The van der Waals surface area contributed by atoms with Crippen molar-refractivity contribution in [3.8, 4) is 5.75 Å². The van der Waals surface area contributed by atoms with Crippen LogP contribution in [0.25, 0.3) is 0 Å². The monoisotopic (exact) mass is 287 g/mol. The van der Waals surface area contributed by atoms with Crippen molar-refractivity contribution in [1.29, 1.82) is 0 Å². The van der Waals surface area contributed by atoms with E-state index >= 15 is 0 Å². The first-order chi connectivity index (χ1) is 8.36. The molecule has 0 aromatic heterocycles. The minimum atomic E-state index is 0.240. The molecule has 0 amide bonds. The Balaban J connectivity index is 1.91. The lowest BCUT2D eigenvalue weighted by molar-refractivity contribution is -0.00605. The van der Waals surface area contributed by atoms with Crippen LogP contribution in [0.15, 0.2) is 18.2 Å². The first-order valence-electron chi connectivity index (χ1n) is 6.13. The topological polar surface area (TPSA) is 21.3 Å². The van der Waals surface area contributed by atoms with E-state index in [4.69, 9.17) is 27.9 Å². The summed E-state index contributed by atoms with van der Waals surface area (Å²) in [6.45, 7) is 5.21. The van der Waals surface area contributed by atoms with Crippen molar-refractivity contribution in [1.82, 2.24) is 5.32 Å². The summed E-state index contributed by atoms with van der Waals surface area (Å²) in [5.74, 6) is 0.781. The lowest BCUT2D eigenvalue weighted by atomic mass is 9.59. The van der Waals surface area contributed by atoms with Crippen LogP contribution in [-0.2, 0) is 0 Å². The van der Waals surface area contributed by atoms with Gasteiger partial charge < -0.3 is 10.1 Å². The molecule has 0 atom stereocenters. The molecule has 18 heavy (non-hydrogen) atoms. The molecule has 0 radical (unpaired) electrons. The Hall–Kier alpha value is -0.440. The maximum Gasteiger partial charge on any atom is 0.120 e. The van der Waals surface area contributed by atoms with Gasteiger partial charge in [-0.1, -0.05) is 30.1 Å². The quantitative estimate of drug-likeness (QED) is 0.898. The molecule has 0 aliphatic heterocycles. The predicted octanol–water partition coefficient (Wildman–Crippen LogP) is 4.15. The van der Waals surface area contributed by atoms with E-state index in [0.717, 1.165) is 18.6 Å². The summed E-state index contributed by atoms with van der Waals surface area (Å²) in [4.78, 5) is 0. The van der Waals surface area contributed by atoms with Crippen LogP contribution in [0.1, 0.15) is 26.7 Å². The average Bonchev–Trinajstić information content (AvgIpc) is 2.29. The average molecular weight is 288 g/mol. The highest BCUT2D eigenvalue weighted by molar-refractivity contribution is 6.42. The van der Waals surface area contributed by atoms with Crippen LogP contribution >= 0.6 is 23.2 Å². The Morgan fingerprint density at radius 1 is 1.22 bits per heavy atom. The third kappa shape index (κ3) is 2.93. The molecule has 1 N–H and O–H groups in total. The van der Waals surface area contributed by atoms with Gasteiger partial charge in [0.15, 0.2) is 0 Å². The second-order valence-electron chi connectivity index (χ2n) is 5.84. The fourth-order valence-electron chi connectivity index (χ4n) is 2.94. The van der Waals surface area contributed by atoms with Gasteiger partial charge in [-0.05, 0) is 38.9 Å². The summed E-state index contributed by atoms with van der Waals surface area (Å²) in [5.41, 5.74) is 0.500. The number of hydrogen-bond donors (Lipinski definition) is 1. The van der Waals surface area contributed by atoms with Crippen molar-refractivity contribution in [3.63, 3.8) is 0 Å². The number of ether oxygens (including phenoxy) is 1. The van der Waals surface area contributed by atoms with Crippen molar-refractivity contribution in [2.75, 3.05) is 13.7 Å². The minimum absolute atomic E-state index is 0.240. The molecule has 0 unspecified atom stereocenters. The number of halogens is 2. The number of hydrogen-bond acceptors (Lipinski definition) is 2. The zero-order chi connectivity index (χ0) is 13.4. The Morgan fingerprint density at radius 2 is 1.89 bits per heavy atom. The molecule has 0 saturated heterocycles. The summed E-state index contributed by atoms with van der Waals surface area (Å²) in [5, 5.41) is 4.45. The smallest absolute Gasteiger partial charge is 0.120 e. The van der Waals surface area contributed by atoms with Crippen LogP contribution < -0.4 is 10.1 Å². The molecule has 0 bridgehead atoms. The second kappa shape index (κ2) is 4.92. The SMILES string of the molecule is CNC1(C)CC(C)(COc2ccc(Cl)c(Cl)c2)C1. The standard InChI is InChI=1S/C14H19Cl2NO/c1-13(7-14(2,8-13)17-3)9-18-10-4-5-11(15)12(16)6-10/h4-6,17H,7-9H2,1-3H3. The van der Waals surface area contributed by atoms with E-state index in [1.54, 1.807) is 12.1 Å². The largest absolute Gasteiger partial charge is 0.493 e. The third-order valence-corrected chi connectivity index (χ3v) is 4.45. The molecular formula is C14H19Cl2NO. The van der Waals surface area contributed by atoms with Crippen molar-refractivity contribution in [3.05, 3.63) is 28.2 Å². The highest BCUT2D eigenvalue weighted by atomic mass is 35.5. The molecule has 2 nitrogen and oxygen atoms in total. The maximum absolute atomic E-state index is 5.96. The highest BCUT2D eigenvalue weighted by Gasteiger charge is 2.48. The van der Waals surface area contributed by atoms with Crippen LogP contribution in [0, 0.1) is 5.41 Å².